The first kappa shape index (κ1) is 20.9. The molecule has 2 N–H and O–H groups in total. The molecule has 1 atom stereocenters. The van der Waals surface area contributed by atoms with Gasteiger partial charge >= 0.3 is 0 Å². The zero-order chi connectivity index (χ0) is 16.7. The van der Waals surface area contributed by atoms with E-state index in [1.807, 2.05) is 25.1 Å². The van der Waals surface area contributed by atoms with Gasteiger partial charge in [-0.2, -0.15) is 0 Å². The van der Waals surface area contributed by atoms with Crippen LogP contribution in [-0.4, -0.2) is 45.3 Å². The molecule has 1 aliphatic heterocycles. The largest absolute Gasteiger partial charge is 0.488 e. The van der Waals surface area contributed by atoms with Crippen LogP contribution in [0.5, 0.6) is 5.75 Å². The second-order valence-corrected chi connectivity index (χ2v) is 5.41. The quantitative estimate of drug-likeness (QED) is 0.394. The minimum absolute atomic E-state index is 0. The summed E-state index contributed by atoms with van der Waals surface area (Å²) in [6.45, 7) is 3.31. The first-order valence-electron chi connectivity index (χ1n) is 7.65. The lowest BCUT2D eigenvalue weighted by Crippen LogP contribution is -2.39. The van der Waals surface area contributed by atoms with E-state index in [1.54, 1.807) is 7.05 Å². The summed E-state index contributed by atoms with van der Waals surface area (Å²) in [4.78, 5) is 3.93. The summed E-state index contributed by atoms with van der Waals surface area (Å²) in [5, 5.41) is 5.59. The highest BCUT2D eigenvalue weighted by atomic mass is 127. The Bertz CT molecular complexity index is 538. The van der Waals surface area contributed by atoms with Gasteiger partial charge in [0.2, 0.25) is 0 Å². The Balaban J connectivity index is 0.00000288. The van der Waals surface area contributed by atoms with E-state index in [9.17, 15) is 8.78 Å². The van der Waals surface area contributed by atoms with Crippen molar-refractivity contribution in [1.82, 2.24) is 10.6 Å². The van der Waals surface area contributed by atoms with Crippen molar-refractivity contribution in [3.8, 4) is 5.75 Å². The van der Waals surface area contributed by atoms with Crippen LogP contribution in [0.4, 0.5) is 8.78 Å². The van der Waals surface area contributed by atoms with Crippen LogP contribution in [0.15, 0.2) is 23.2 Å². The van der Waals surface area contributed by atoms with Crippen molar-refractivity contribution in [3.05, 3.63) is 29.3 Å². The molecule has 24 heavy (non-hydrogen) atoms. The van der Waals surface area contributed by atoms with Gasteiger partial charge < -0.3 is 20.1 Å². The zero-order valence-electron chi connectivity index (χ0n) is 13.9. The Labute approximate surface area is 158 Å². The summed E-state index contributed by atoms with van der Waals surface area (Å²) >= 11 is 0. The second kappa shape index (κ2) is 10.7. The molecule has 1 aromatic carbocycles. The molecule has 0 amide bonds. The highest BCUT2D eigenvalue weighted by molar-refractivity contribution is 14.0. The summed E-state index contributed by atoms with van der Waals surface area (Å²) in [6, 6.07) is 5.93. The fourth-order valence-electron chi connectivity index (χ4n) is 2.28. The smallest absolute Gasteiger partial charge is 0.255 e. The summed E-state index contributed by atoms with van der Waals surface area (Å²) < 4.78 is 35.8. The van der Waals surface area contributed by atoms with Crippen molar-refractivity contribution in [2.45, 2.75) is 32.4 Å². The summed E-state index contributed by atoms with van der Waals surface area (Å²) in [7, 11) is 1.54. The molecular formula is C16H24F2IN3O2. The molecule has 1 aromatic rings. The molecule has 0 bridgehead atoms. The van der Waals surface area contributed by atoms with Gasteiger partial charge in [0.1, 0.15) is 11.9 Å². The Morgan fingerprint density at radius 2 is 2.21 bits per heavy atom. The number of aryl methyl sites for hydroxylation is 1. The minimum Gasteiger partial charge on any atom is -0.488 e. The number of benzene rings is 1. The molecule has 1 fully saturated rings. The highest BCUT2D eigenvalue weighted by Crippen LogP contribution is 2.23. The van der Waals surface area contributed by atoms with Crippen LogP contribution in [0.1, 0.15) is 17.5 Å². The molecule has 1 heterocycles. The fraction of sp³-hybridized carbons (Fsp3) is 0.562. The van der Waals surface area contributed by atoms with Gasteiger partial charge in [0.05, 0.1) is 19.8 Å². The van der Waals surface area contributed by atoms with Crippen molar-refractivity contribution in [1.29, 1.82) is 0 Å². The predicted octanol–water partition coefficient (Wildman–Crippen LogP) is 2.71. The van der Waals surface area contributed by atoms with Gasteiger partial charge in [0.15, 0.2) is 5.96 Å². The van der Waals surface area contributed by atoms with Gasteiger partial charge in [-0.05, 0) is 18.6 Å². The van der Waals surface area contributed by atoms with E-state index in [0.717, 1.165) is 23.3 Å². The summed E-state index contributed by atoms with van der Waals surface area (Å²) in [6.07, 6.45) is -1.49. The van der Waals surface area contributed by atoms with E-state index in [2.05, 4.69) is 15.6 Å². The van der Waals surface area contributed by atoms with Crippen molar-refractivity contribution in [2.24, 2.45) is 4.99 Å². The number of nitrogens with one attached hydrogen (secondary N) is 2. The molecule has 1 saturated heterocycles. The fourth-order valence-corrected chi connectivity index (χ4v) is 2.28. The van der Waals surface area contributed by atoms with E-state index >= 15 is 0 Å². The highest BCUT2D eigenvalue weighted by Gasteiger charge is 2.18. The number of hydrogen-bond acceptors (Lipinski definition) is 3. The molecule has 1 aliphatic rings. The van der Waals surface area contributed by atoms with E-state index in [-0.39, 0.29) is 30.1 Å². The van der Waals surface area contributed by atoms with Crippen LogP contribution in [0.3, 0.4) is 0 Å². The van der Waals surface area contributed by atoms with Crippen molar-refractivity contribution < 1.29 is 18.3 Å². The summed E-state index contributed by atoms with van der Waals surface area (Å²) in [5.74, 6) is 1.12. The van der Waals surface area contributed by atoms with Gasteiger partial charge in [-0.3, -0.25) is 4.99 Å². The van der Waals surface area contributed by atoms with Gasteiger partial charge in [-0.1, -0.05) is 12.1 Å². The maximum absolute atomic E-state index is 12.3. The molecule has 0 radical (unpaired) electrons. The van der Waals surface area contributed by atoms with Gasteiger partial charge in [0.25, 0.3) is 6.43 Å². The second-order valence-electron chi connectivity index (χ2n) is 5.41. The van der Waals surface area contributed by atoms with Gasteiger partial charge in [-0.25, -0.2) is 8.78 Å². The Hall–Kier alpha value is -1.16. The average molecular weight is 455 g/mol. The van der Waals surface area contributed by atoms with E-state index in [4.69, 9.17) is 9.47 Å². The third kappa shape index (κ3) is 6.76. The lowest BCUT2D eigenvalue weighted by molar-refractivity contribution is 0.140. The Morgan fingerprint density at radius 1 is 1.42 bits per heavy atom. The van der Waals surface area contributed by atoms with E-state index < -0.39 is 13.0 Å². The normalized spacial score (nSPS) is 17.5. The van der Waals surface area contributed by atoms with Gasteiger partial charge in [0, 0.05) is 25.6 Å². The van der Waals surface area contributed by atoms with Crippen LogP contribution in [0.2, 0.25) is 0 Å². The molecule has 0 aliphatic carbocycles. The number of rotatable bonds is 6. The zero-order valence-corrected chi connectivity index (χ0v) is 16.2. The van der Waals surface area contributed by atoms with E-state index in [1.165, 1.54) is 0 Å². The standard InChI is InChI=1S/C16H23F2N3O2.HI/c1-11-3-4-12(8-20-16(19-2)21-9-15(17)18)14(7-11)23-13-5-6-22-10-13;/h3-4,7,13,15H,5-6,8-10H2,1-2H3,(H2,19,20,21);1H. The molecule has 0 aromatic heterocycles. The third-order valence-electron chi connectivity index (χ3n) is 3.50. The van der Waals surface area contributed by atoms with Crippen LogP contribution >= 0.6 is 24.0 Å². The first-order valence-corrected chi connectivity index (χ1v) is 7.65. The first-order chi connectivity index (χ1) is 11.1. The van der Waals surface area contributed by atoms with Crippen LogP contribution in [0, 0.1) is 6.92 Å². The lowest BCUT2D eigenvalue weighted by atomic mass is 10.1. The van der Waals surface area contributed by atoms with Crippen molar-refractivity contribution >= 4 is 29.9 Å². The molecular weight excluding hydrogens is 431 g/mol. The maximum Gasteiger partial charge on any atom is 0.255 e. The number of guanidine groups is 1. The SMILES string of the molecule is CN=C(NCc1ccc(C)cc1OC1CCOC1)NCC(F)F.I. The van der Waals surface area contributed by atoms with Crippen LogP contribution in [-0.2, 0) is 11.3 Å². The molecule has 8 heteroatoms. The third-order valence-corrected chi connectivity index (χ3v) is 3.50. The minimum atomic E-state index is -2.42. The van der Waals surface area contributed by atoms with Crippen molar-refractivity contribution in [3.63, 3.8) is 0 Å². The molecule has 0 saturated carbocycles. The van der Waals surface area contributed by atoms with Crippen molar-refractivity contribution in [2.75, 3.05) is 26.8 Å². The number of nitrogens with zero attached hydrogens (tertiary/aromatic N) is 1. The molecule has 2 rings (SSSR count). The van der Waals surface area contributed by atoms with E-state index in [0.29, 0.717) is 25.7 Å². The average Bonchev–Trinajstić information content (AvgIpc) is 3.02. The van der Waals surface area contributed by atoms with Gasteiger partial charge in [-0.15, -0.1) is 24.0 Å². The molecule has 1 unspecified atom stereocenters. The number of hydrogen-bond donors (Lipinski definition) is 2. The maximum atomic E-state index is 12.3. The Morgan fingerprint density at radius 3 is 2.83 bits per heavy atom. The number of ether oxygens (including phenoxy) is 2. The number of alkyl halides is 2. The molecule has 5 nitrogen and oxygen atoms in total. The number of halogens is 3. The molecule has 136 valence electrons. The van der Waals surface area contributed by atoms with Crippen LogP contribution in [0.25, 0.3) is 0 Å². The predicted molar refractivity (Wildman–Crippen MR) is 101 cm³/mol. The Kier molecular flexibility index (Phi) is 9.27. The summed E-state index contributed by atoms with van der Waals surface area (Å²) in [5.41, 5.74) is 2.05. The monoisotopic (exact) mass is 455 g/mol. The molecule has 0 spiro atoms. The topological polar surface area (TPSA) is 54.9 Å². The lowest BCUT2D eigenvalue weighted by Gasteiger charge is -2.18. The number of aliphatic imine (C=N–C) groups is 1. The van der Waals surface area contributed by atoms with Crippen LogP contribution < -0.4 is 15.4 Å².